The topological polar surface area (TPSA) is 47.2 Å². The number of hydrogen-bond donors (Lipinski definition) is 0. The zero-order valence-electron chi connectivity index (χ0n) is 10.6. The number of benzene rings is 1. The molecule has 1 amide bonds. The van der Waals surface area contributed by atoms with E-state index >= 15 is 0 Å². The summed E-state index contributed by atoms with van der Waals surface area (Å²) < 4.78 is 1.81. The minimum absolute atomic E-state index is 0.264. The maximum Gasteiger partial charge on any atom is 0.279 e. The lowest BCUT2D eigenvalue weighted by atomic mass is 10.1. The number of hydrogen-bond acceptors (Lipinski definition) is 3. The molecule has 0 saturated heterocycles. The van der Waals surface area contributed by atoms with Crippen LogP contribution in [0.5, 0.6) is 0 Å². The number of halogens is 1. The van der Waals surface area contributed by atoms with E-state index in [1.54, 1.807) is 24.3 Å². The second kappa shape index (κ2) is 5.19. The SMILES string of the molecule is Cn1ccsc1=NC(=O)c1ccc2nc(Cl)ccc2c1. The number of fused-ring (bicyclic) bond motifs is 1. The molecule has 0 unspecified atom stereocenters. The van der Waals surface area contributed by atoms with Crippen molar-refractivity contribution >= 4 is 39.7 Å². The van der Waals surface area contributed by atoms with Gasteiger partial charge in [0.15, 0.2) is 4.80 Å². The lowest BCUT2D eigenvalue weighted by Crippen LogP contribution is -2.12. The van der Waals surface area contributed by atoms with Crippen molar-refractivity contribution < 1.29 is 4.79 Å². The summed E-state index contributed by atoms with van der Waals surface area (Å²) in [6, 6.07) is 8.81. The lowest BCUT2D eigenvalue weighted by molar-refractivity contribution is 0.0998. The Balaban J connectivity index is 2.05. The molecule has 1 aromatic carbocycles. The van der Waals surface area contributed by atoms with Crippen LogP contribution in [-0.4, -0.2) is 15.5 Å². The Labute approximate surface area is 124 Å². The minimum Gasteiger partial charge on any atom is -0.327 e. The van der Waals surface area contributed by atoms with Crippen LogP contribution in [0.1, 0.15) is 10.4 Å². The number of aryl methyl sites for hydroxylation is 1. The number of carbonyl (C=O) groups is 1. The van der Waals surface area contributed by atoms with Crippen LogP contribution in [0, 0.1) is 0 Å². The Morgan fingerprint density at radius 3 is 2.95 bits per heavy atom. The number of pyridine rings is 1. The molecule has 0 aliphatic carbocycles. The van der Waals surface area contributed by atoms with Gasteiger partial charge in [-0.1, -0.05) is 11.6 Å². The van der Waals surface area contributed by atoms with Crippen molar-refractivity contribution in [2.75, 3.05) is 0 Å². The first kappa shape index (κ1) is 13.0. The van der Waals surface area contributed by atoms with Gasteiger partial charge in [-0.25, -0.2) is 4.98 Å². The van der Waals surface area contributed by atoms with E-state index in [0.29, 0.717) is 15.5 Å². The Morgan fingerprint density at radius 2 is 2.20 bits per heavy atom. The average molecular weight is 304 g/mol. The van der Waals surface area contributed by atoms with E-state index in [1.165, 1.54) is 11.3 Å². The molecule has 0 N–H and O–H groups in total. The Bertz CT molecular complexity index is 866. The van der Waals surface area contributed by atoms with E-state index in [-0.39, 0.29) is 5.91 Å². The van der Waals surface area contributed by atoms with Gasteiger partial charge in [0.25, 0.3) is 5.91 Å². The van der Waals surface area contributed by atoms with Crippen molar-refractivity contribution in [1.82, 2.24) is 9.55 Å². The fourth-order valence-corrected chi connectivity index (χ4v) is 2.70. The summed E-state index contributed by atoms with van der Waals surface area (Å²) in [6.07, 6.45) is 1.86. The van der Waals surface area contributed by atoms with Gasteiger partial charge >= 0.3 is 0 Å². The Hall–Kier alpha value is -1.98. The molecule has 0 aliphatic rings. The Kier molecular flexibility index (Phi) is 3.38. The molecular weight excluding hydrogens is 294 g/mol. The van der Waals surface area contributed by atoms with Crippen LogP contribution >= 0.6 is 22.9 Å². The van der Waals surface area contributed by atoms with Crippen molar-refractivity contribution in [3.8, 4) is 0 Å². The van der Waals surface area contributed by atoms with Crippen molar-refractivity contribution in [1.29, 1.82) is 0 Å². The fourth-order valence-electron chi connectivity index (χ4n) is 1.82. The molecule has 2 aromatic heterocycles. The van der Waals surface area contributed by atoms with Crippen molar-refractivity contribution in [2.24, 2.45) is 12.0 Å². The van der Waals surface area contributed by atoms with Gasteiger partial charge < -0.3 is 4.57 Å². The highest BCUT2D eigenvalue weighted by molar-refractivity contribution is 7.07. The van der Waals surface area contributed by atoms with Crippen molar-refractivity contribution in [2.45, 2.75) is 0 Å². The quantitative estimate of drug-likeness (QED) is 0.649. The van der Waals surface area contributed by atoms with E-state index in [2.05, 4.69) is 9.98 Å². The van der Waals surface area contributed by atoms with Gasteiger partial charge in [0.05, 0.1) is 5.52 Å². The fraction of sp³-hybridized carbons (Fsp3) is 0.0714. The highest BCUT2D eigenvalue weighted by atomic mass is 35.5. The standard InChI is InChI=1S/C14H10ClN3OS/c1-18-6-7-20-14(18)17-13(19)10-2-4-11-9(8-10)3-5-12(15)16-11/h2-8H,1H3. The normalized spacial score (nSPS) is 12.0. The molecule has 6 heteroatoms. The molecular formula is C14H10ClN3OS. The van der Waals surface area contributed by atoms with E-state index in [0.717, 1.165) is 10.9 Å². The lowest BCUT2D eigenvalue weighted by Gasteiger charge is -2.00. The summed E-state index contributed by atoms with van der Waals surface area (Å²) in [5, 5.41) is 3.19. The minimum atomic E-state index is -0.264. The van der Waals surface area contributed by atoms with E-state index in [1.807, 2.05) is 29.3 Å². The van der Waals surface area contributed by atoms with Gasteiger partial charge in [-0.15, -0.1) is 11.3 Å². The molecule has 3 aromatic rings. The second-order valence-corrected chi connectivity index (χ2v) is 5.52. The third kappa shape index (κ3) is 2.50. The van der Waals surface area contributed by atoms with Crippen LogP contribution in [0.4, 0.5) is 0 Å². The molecule has 0 fully saturated rings. The molecule has 100 valence electrons. The largest absolute Gasteiger partial charge is 0.327 e. The van der Waals surface area contributed by atoms with Crippen LogP contribution in [0.25, 0.3) is 10.9 Å². The van der Waals surface area contributed by atoms with Gasteiger partial charge in [0.1, 0.15) is 5.15 Å². The smallest absolute Gasteiger partial charge is 0.279 e. The van der Waals surface area contributed by atoms with E-state index in [9.17, 15) is 4.79 Å². The molecule has 2 heterocycles. The number of nitrogens with zero attached hydrogens (tertiary/aromatic N) is 3. The van der Waals surface area contributed by atoms with Gasteiger partial charge in [-0.3, -0.25) is 4.79 Å². The van der Waals surface area contributed by atoms with Crippen LogP contribution in [0.15, 0.2) is 46.9 Å². The van der Waals surface area contributed by atoms with Crippen molar-refractivity contribution in [3.63, 3.8) is 0 Å². The predicted octanol–water partition coefficient (Wildman–Crippen LogP) is 3.03. The van der Waals surface area contributed by atoms with Gasteiger partial charge in [0.2, 0.25) is 0 Å². The highest BCUT2D eigenvalue weighted by Crippen LogP contribution is 2.17. The summed E-state index contributed by atoms with van der Waals surface area (Å²) in [4.78, 5) is 21.1. The molecule has 0 spiro atoms. The monoisotopic (exact) mass is 303 g/mol. The number of rotatable bonds is 1. The summed E-state index contributed by atoms with van der Waals surface area (Å²) in [7, 11) is 1.86. The third-order valence-corrected chi connectivity index (χ3v) is 3.92. The summed E-state index contributed by atoms with van der Waals surface area (Å²) in [6.45, 7) is 0. The highest BCUT2D eigenvalue weighted by Gasteiger charge is 2.06. The molecule has 4 nitrogen and oxygen atoms in total. The zero-order chi connectivity index (χ0) is 14.1. The van der Waals surface area contributed by atoms with Gasteiger partial charge in [-0.2, -0.15) is 4.99 Å². The molecule has 0 bridgehead atoms. The van der Waals surface area contributed by atoms with E-state index < -0.39 is 0 Å². The third-order valence-electron chi connectivity index (χ3n) is 2.86. The molecule has 0 saturated carbocycles. The van der Waals surface area contributed by atoms with Crippen molar-refractivity contribution in [3.05, 3.63) is 57.4 Å². The molecule has 3 rings (SSSR count). The summed E-state index contributed by atoms with van der Waals surface area (Å²) >= 11 is 7.26. The summed E-state index contributed by atoms with van der Waals surface area (Å²) in [5.74, 6) is -0.264. The van der Waals surface area contributed by atoms with Crippen LogP contribution in [-0.2, 0) is 7.05 Å². The molecule has 0 radical (unpaired) electrons. The predicted molar refractivity (Wildman–Crippen MR) is 79.9 cm³/mol. The maximum atomic E-state index is 12.2. The second-order valence-electron chi connectivity index (χ2n) is 4.25. The first-order valence-corrected chi connectivity index (χ1v) is 7.15. The van der Waals surface area contributed by atoms with Crippen LogP contribution < -0.4 is 4.80 Å². The summed E-state index contributed by atoms with van der Waals surface area (Å²) in [5.41, 5.74) is 1.30. The first-order valence-electron chi connectivity index (χ1n) is 5.89. The Morgan fingerprint density at radius 1 is 1.35 bits per heavy atom. The first-order chi connectivity index (χ1) is 9.63. The van der Waals surface area contributed by atoms with E-state index in [4.69, 9.17) is 11.6 Å². The van der Waals surface area contributed by atoms with Crippen LogP contribution in [0.3, 0.4) is 0 Å². The zero-order valence-corrected chi connectivity index (χ0v) is 12.1. The molecule has 0 atom stereocenters. The number of thiazole rings is 1. The maximum absolute atomic E-state index is 12.2. The number of carbonyl (C=O) groups excluding carboxylic acids is 1. The number of aromatic nitrogens is 2. The van der Waals surface area contributed by atoms with Crippen LogP contribution in [0.2, 0.25) is 5.15 Å². The van der Waals surface area contributed by atoms with Gasteiger partial charge in [0, 0.05) is 29.6 Å². The van der Waals surface area contributed by atoms with Gasteiger partial charge in [-0.05, 0) is 30.3 Å². The average Bonchev–Trinajstić information content (AvgIpc) is 2.83. The molecule has 20 heavy (non-hydrogen) atoms. The number of amides is 1. The molecule has 0 aliphatic heterocycles.